The fourth-order valence-electron chi connectivity index (χ4n) is 5.14. The van der Waals surface area contributed by atoms with Crippen LogP contribution in [0.25, 0.3) is 0 Å². The number of fused-ring (bicyclic) bond motifs is 7. The number of carbonyl (C=O) groups is 1. The smallest absolute Gasteiger partial charge is 0.277 e. The lowest BCUT2D eigenvalue weighted by atomic mass is 9.93. The van der Waals surface area contributed by atoms with Crippen LogP contribution in [0.2, 0.25) is 0 Å². The highest BCUT2D eigenvalue weighted by atomic mass is 32.2. The van der Waals surface area contributed by atoms with E-state index in [9.17, 15) is 14.7 Å². The minimum Gasteiger partial charge on any atom is -0.502 e. The maximum absolute atomic E-state index is 13.4. The molecule has 8 heteroatoms. The number of aromatic hydroxyl groups is 1. The van der Waals surface area contributed by atoms with Crippen LogP contribution in [0.4, 0.5) is 0 Å². The molecule has 6 rings (SSSR count). The number of hydrogen-bond acceptors (Lipinski definition) is 6. The first-order valence-electron chi connectivity index (χ1n) is 11.6. The first-order chi connectivity index (χ1) is 16.6. The Bertz CT molecular complexity index is 1340. The van der Waals surface area contributed by atoms with Crippen LogP contribution < -0.4 is 15.2 Å². The van der Waals surface area contributed by atoms with Crippen LogP contribution in [0.5, 0.6) is 11.5 Å². The Hall–Kier alpha value is -3.39. The van der Waals surface area contributed by atoms with Crippen molar-refractivity contribution in [2.45, 2.75) is 36.0 Å². The second-order valence-electron chi connectivity index (χ2n) is 8.84. The number of benzene rings is 2. The molecule has 0 fully saturated rings. The van der Waals surface area contributed by atoms with Crippen LogP contribution in [-0.2, 0) is 5.75 Å². The summed E-state index contributed by atoms with van der Waals surface area (Å²) in [6, 6.07) is 15.6. The average Bonchev–Trinajstić information content (AvgIpc) is 3.01. The lowest BCUT2D eigenvalue weighted by Crippen LogP contribution is -2.55. The van der Waals surface area contributed by atoms with Crippen molar-refractivity contribution in [3.8, 4) is 11.5 Å². The molecule has 1 aromatic heterocycles. The Balaban J connectivity index is 1.65. The highest BCUT2D eigenvalue weighted by Gasteiger charge is 2.39. The highest BCUT2D eigenvalue weighted by Crippen LogP contribution is 2.46. The topological polar surface area (TPSA) is 75.0 Å². The van der Waals surface area contributed by atoms with Crippen LogP contribution in [0.1, 0.15) is 52.5 Å². The number of thioether (sulfide) groups is 1. The van der Waals surface area contributed by atoms with Gasteiger partial charge in [-0.05, 0) is 42.5 Å². The third kappa shape index (κ3) is 3.36. The van der Waals surface area contributed by atoms with Crippen molar-refractivity contribution in [2.75, 3.05) is 24.8 Å². The minimum absolute atomic E-state index is 0.0186. The molecule has 174 valence electrons. The summed E-state index contributed by atoms with van der Waals surface area (Å²) in [6.07, 6.45) is 4.24. The summed E-state index contributed by atoms with van der Waals surface area (Å²) in [7, 11) is 0. The maximum atomic E-state index is 13.4. The van der Waals surface area contributed by atoms with Gasteiger partial charge in [0, 0.05) is 35.0 Å². The van der Waals surface area contributed by atoms with E-state index in [1.807, 2.05) is 24.3 Å². The van der Waals surface area contributed by atoms with Gasteiger partial charge in [0.1, 0.15) is 18.5 Å². The third-order valence-electron chi connectivity index (χ3n) is 6.79. The van der Waals surface area contributed by atoms with E-state index in [2.05, 4.69) is 23.2 Å². The van der Waals surface area contributed by atoms with Crippen LogP contribution in [0.3, 0.4) is 0 Å². The molecule has 34 heavy (non-hydrogen) atoms. The minimum atomic E-state index is -0.552. The molecule has 0 aliphatic carbocycles. The molecule has 3 aliphatic rings. The molecule has 1 atom stereocenters. The Morgan fingerprint density at radius 1 is 1.00 bits per heavy atom. The number of rotatable bonds is 0. The SMILES string of the molecule is O=C1c2c(O)c(=O)ccn2N2CN1CCCCCOc1cccc3c1[C@@H]2c1ccccc1SC3. The second kappa shape index (κ2) is 8.43. The van der Waals surface area contributed by atoms with Crippen LogP contribution in [0.15, 0.2) is 64.4 Å². The molecule has 3 aliphatic heterocycles. The summed E-state index contributed by atoms with van der Waals surface area (Å²) in [5.41, 5.74) is 2.82. The molecule has 1 amide bonds. The zero-order chi connectivity index (χ0) is 23.2. The number of pyridine rings is 1. The molecule has 0 saturated heterocycles. The van der Waals surface area contributed by atoms with Crippen molar-refractivity contribution in [2.24, 2.45) is 0 Å². The molecule has 0 unspecified atom stereocenters. The quantitative estimate of drug-likeness (QED) is 0.532. The maximum Gasteiger partial charge on any atom is 0.277 e. The van der Waals surface area contributed by atoms with E-state index in [0.29, 0.717) is 19.8 Å². The summed E-state index contributed by atoms with van der Waals surface area (Å²) in [5.74, 6) is 0.828. The predicted molar refractivity (Wildman–Crippen MR) is 130 cm³/mol. The predicted octanol–water partition coefficient (Wildman–Crippen LogP) is 3.86. The summed E-state index contributed by atoms with van der Waals surface area (Å²) in [5, 5.41) is 12.8. The Labute approximate surface area is 201 Å². The summed E-state index contributed by atoms with van der Waals surface area (Å²) in [4.78, 5) is 28.6. The second-order valence-corrected chi connectivity index (χ2v) is 9.86. The van der Waals surface area contributed by atoms with Crippen LogP contribution in [-0.4, -0.2) is 40.4 Å². The molecule has 4 heterocycles. The van der Waals surface area contributed by atoms with Crippen molar-refractivity contribution in [3.63, 3.8) is 0 Å². The Morgan fingerprint density at radius 2 is 1.88 bits per heavy atom. The van der Waals surface area contributed by atoms with Gasteiger partial charge in [0.05, 0.1) is 6.61 Å². The van der Waals surface area contributed by atoms with Gasteiger partial charge in [-0.25, -0.2) is 0 Å². The van der Waals surface area contributed by atoms with Gasteiger partial charge in [0.25, 0.3) is 5.91 Å². The van der Waals surface area contributed by atoms with Crippen molar-refractivity contribution < 1.29 is 14.6 Å². The van der Waals surface area contributed by atoms with E-state index in [0.717, 1.165) is 46.8 Å². The molecular formula is C26H25N3O4S. The number of nitrogens with zero attached hydrogens (tertiary/aromatic N) is 3. The fraction of sp³-hybridized carbons (Fsp3) is 0.308. The van der Waals surface area contributed by atoms with Gasteiger partial charge >= 0.3 is 0 Å². The van der Waals surface area contributed by atoms with E-state index < -0.39 is 11.2 Å². The monoisotopic (exact) mass is 475 g/mol. The first-order valence-corrected chi connectivity index (χ1v) is 12.6. The number of aromatic nitrogens is 1. The zero-order valence-electron chi connectivity index (χ0n) is 18.6. The Morgan fingerprint density at radius 3 is 2.79 bits per heavy atom. The van der Waals surface area contributed by atoms with Crippen LogP contribution in [0, 0.1) is 0 Å². The largest absolute Gasteiger partial charge is 0.502 e. The van der Waals surface area contributed by atoms with E-state index in [-0.39, 0.29) is 17.6 Å². The van der Waals surface area contributed by atoms with E-state index >= 15 is 0 Å². The fourth-order valence-corrected chi connectivity index (χ4v) is 6.22. The molecule has 0 saturated carbocycles. The number of amides is 1. The van der Waals surface area contributed by atoms with Gasteiger partial charge in [0.15, 0.2) is 11.4 Å². The molecule has 7 nitrogen and oxygen atoms in total. The lowest BCUT2D eigenvalue weighted by molar-refractivity contribution is 0.0674. The standard InChI is InChI=1S/C26H25N3O4S/c30-19-11-13-28-24(25(19)31)26(32)27-12-4-1-5-14-33-20-9-6-7-17-15-34-21-10-3-2-8-18(21)23(22(17)20)29(28)16-27/h2-3,6-11,13,23,31H,1,4-5,12,14-16H2/t23-/m0/s1. The number of hydrogen-bond donors (Lipinski definition) is 1. The highest BCUT2D eigenvalue weighted by molar-refractivity contribution is 7.98. The van der Waals surface area contributed by atoms with Gasteiger partial charge in [-0.1, -0.05) is 30.3 Å². The van der Waals surface area contributed by atoms with Crippen LogP contribution >= 0.6 is 11.8 Å². The molecule has 0 spiro atoms. The van der Waals surface area contributed by atoms with Crippen molar-refractivity contribution in [1.82, 2.24) is 9.58 Å². The van der Waals surface area contributed by atoms with Gasteiger partial charge in [-0.2, -0.15) is 0 Å². The van der Waals surface area contributed by atoms with Gasteiger partial charge in [-0.15, -0.1) is 11.8 Å². The summed E-state index contributed by atoms with van der Waals surface area (Å²) < 4.78 is 8.01. The molecule has 2 aromatic carbocycles. The number of ether oxygens (including phenoxy) is 1. The lowest BCUT2D eigenvalue weighted by Gasteiger charge is -2.44. The molecule has 0 radical (unpaired) electrons. The van der Waals surface area contributed by atoms with Crippen molar-refractivity contribution in [1.29, 1.82) is 0 Å². The summed E-state index contributed by atoms with van der Waals surface area (Å²) in [6.45, 7) is 1.51. The average molecular weight is 476 g/mol. The molecule has 3 aromatic rings. The summed E-state index contributed by atoms with van der Waals surface area (Å²) >= 11 is 1.79. The first kappa shape index (κ1) is 21.2. The molecule has 2 bridgehead atoms. The van der Waals surface area contributed by atoms with Gasteiger partial charge in [0.2, 0.25) is 5.43 Å². The normalized spacial score (nSPS) is 19.5. The molecule has 1 N–H and O–H groups in total. The van der Waals surface area contributed by atoms with Gasteiger partial charge < -0.3 is 14.7 Å². The van der Waals surface area contributed by atoms with E-state index in [4.69, 9.17) is 4.74 Å². The Kier molecular flexibility index (Phi) is 5.25. The van der Waals surface area contributed by atoms with Crippen molar-refractivity contribution in [3.05, 3.63) is 87.3 Å². The molecular weight excluding hydrogens is 450 g/mol. The third-order valence-corrected chi connectivity index (χ3v) is 7.93. The van der Waals surface area contributed by atoms with E-state index in [1.165, 1.54) is 11.6 Å². The number of carbonyl (C=O) groups excluding carboxylic acids is 1. The van der Waals surface area contributed by atoms with Crippen molar-refractivity contribution >= 4 is 17.7 Å². The van der Waals surface area contributed by atoms with E-state index in [1.54, 1.807) is 27.5 Å². The van der Waals surface area contributed by atoms with Gasteiger partial charge in [-0.3, -0.25) is 19.3 Å². The zero-order valence-corrected chi connectivity index (χ0v) is 19.5.